The van der Waals surface area contributed by atoms with E-state index in [0.717, 1.165) is 17.8 Å². The molecule has 1 aromatic carbocycles. The first kappa shape index (κ1) is 11.6. The van der Waals surface area contributed by atoms with E-state index >= 15 is 0 Å². The predicted molar refractivity (Wildman–Crippen MR) is 66.0 cm³/mol. The van der Waals surface area contributed by atoms with Gasteiger partial charge < -0.3 is 10.2 Å². The molecule has 1 aliphatic heterocycles. The summed E-state index contributed by atoms with van der Waals surface area (Å²) in [6.45, 7) is 3.51. The summed E-state index contributed by atoms with van der Waals surface area (Å²) < 4.78 is 0. The Morgan fingerprint density at radius 3 is 2.65 bits per heavy atom. The van der Waals surface area contributed by atoms with Crippen LogP contribution in [0.2, 0.25) is 0 Å². The van der Waals surface area contributed by atoms with Crippen molar-refractivity contribution >= 4 is 17.4 Å². The third-order valence-corrected chi connectivity index (χ3v) is 2.79. The second kappa shape index (κ2) is 4.99. The van der Waals surface area contributed by atoms with Gasteiger partial charge in [-0.3, -0.25) is 9.59 Å². The number of piperazine rings is 1. The van der Waals surface area contributed by atoms with Gasteiger partial charge in [0.15, 0.2) is 0 Å². The number of ketones is 1. The van der Waals surface area contributed by atoms with Gasteiger partial charge in [-0.1, -0.05) is 12.1 Å². The zero-order valence-electron chi connectivity index (χ0n) is 9.90. The van der Waals surface area contributed by atoms with Gasteiger partial charge in [0.05, 0.1) is 6.54 Å². The number of amides is 1. The maximum absolute atomic E-state index is 11.3. The number of carbonyl (C=O) groups excluding carboxylic acids is 2. The van der Waals surface area contributed by atoms with E-state index < -0.39 is 0 Å². The summed E-state index contributed by atoms with van der Waals surface area (Å²) in [7, 11) is 0. The minimum Gasteiger partial charge on any atom is -0.360 e. The highest BCUT2D eigenvalue weighted by Crippen LogP contribution is 2.16. The van der Waals surface area contributed by atoms with Crippen LogP contribution in [0, 0.1) is 0 Å². The largest absolute Gasteiger partial charge is 0.360 e. The number of rotatable bonds is 3. The van der Waals surface area contributed by atoms with Crippen molar-refractivity contribution in [2.45, 2.75) is 13.3 Å². The van der Waals surface area contributed by atoms with Gasteiger partial charge in [-0.05, 0) is 24.6 Å². The molecular weight excluding hydrogens is 216 g/mol. The molecule has 0 spiro atoms. The zero-order chi connectivity index (χ0) is 12.3. The smallest absolute Gasteiger partial charge is 0.239 e. The molecule has 1 amide bonds. The topological polar surface area (TPSA) is 49.4 Å². The average Bonchev–Trinajstić information content (AvgIpc) is 2.29. The van der Waals surface area contributed by atoms with Gasteiger partial charge in [-0.2, -0.15) is 0 Å². The van der Waals surface area contributed by atoms with Crippen molar-refractivity contribution < 1.29 is 9.59 Å². The van der Waals surface area contributed by atoms with E-state index in [1.165, 1.54) is 0 Å². The van der Waals surface area contributed by atoms with E-state index in [4.69, 9.17) is 0 Å². The molecule has 0 aromatic heterocycles. The quantitative estimate of drug-likeness (QED) is 0.836. The molecular formula is C13H16N2O2. The number of nitrogens with zero attached hydrogens (tertiary/aromatic N) is 1. The molecule has 17 heavy (non-hydrogen) atoms. The van der Waals surface area contributed by atoms with Crippen molar-refractivity contribution in [3.05, 3.63) is 29.8 Å². The molecule has 0 bridgehead atoms. The maximum atomic E-state index is 11.3. The number of nitrogens with one attached hydrogen (secondary N) is 1. The van der Waals surface area contributed by atoms with Gasteiger partial charge >= 0.3 is 0 Å². The Bertz CT molecular complexity index is 426. The molecule has 1 heterocycles. The van der Waals surface area contributed by atoms with E-state index in [9.17, 15) is 9.59 Å². The summed E-state index contributed by atoms with van der Waals surface area (Å²) in [5.74, 6) is 0.221. The molecule has 1 saturated heterocycles. The third kappa shape index (κ3) is 3.06. The van der Waals surface area contributed by atoms with Crippen molar-refractivity contribution in [1.29, 1.82) is 0 Å². The van der Waals surface area contributed by atoms with Gasteiger partial charge in [0.2, 0.25) is 5.91 Å². The monoisotopic (exact) mass is 232 g/mol. The molecule has 0 saturated carbocycles. The lowest BCUT2D eigenvalue weighted by Crippen LogP contribution is -2.47. The first-order chi connectivity index (χ1) is 8.15. The zero-order valence-corrected chi connectivity index (χ0v) is 9.90. The van der Waals surface area contributed by atoms with Crippen LogP contribution in [-0.2, 0) is 16.0 Å². The van der Waals surface area contributed by atoms with Crippen LogP contribution in [0.15, 0.2) is 24.3 Å². The highest BCUT2D eigenvalue weighted by Gasteiger charge is 2.16. The molecule has 4 heteroatoms. The summed E-state index contributed by atoms with van der Waals surface area (Å²) in [6, 6.07) is 7.83. The van der Waals surface area contributed by atoms with Crippen molar-refractivity contribution in [1.82, 2.24) is 5.32 Å². The Morgan fingerprint density at radius 2 is 2.06 bits per heavy atom. The van der Waals surface area contributed by atoms with Crippen molar-refractivity contribution in [2.75, 3.05) is 24.5 Å². The van der Waals surface area contributed by atoms with E-state index in [1.807, 2.05) is 29.2 Å². The van der Waals surface area contributed by atoms with Gasteiger partial charge in [0, 0.05) is 25.2 Å². The Morgan fingerprint density at radius 1 is 1.35 bits per heavy atom. The Labute approximate surface area is 101 Å². The molecule has 0 aliphatic carbocycles. The number of carbonyl (C=O) groups is 2. The standard InChI is InChI=1S/C13H16N2O2/c1-10(16)8-11-2-4-12(5-3-11)15-7-6-14-13(17)9-15/h2-5H,6-9H2,1H3,(H,14,17). The SMILES string of the molecule is CC(=O)Cc1ccc(N2CCNC(=O)C2)cc1. The Balaban J connectivity index is 2.06. The molecule has 1 aliphatic rings. The molecule has 4 nitrogen and oxygen atoms in total. The summed E-state index contributed by atoms with van der Waals surface area (Å²) in [5, 5.41) is 2.79. The van der Waals surface area contributed by atoms with Crippen LogP contribution < -0.4 is 10.2 Å². The van der Waals surface area contributed by atoms with Crippen LogP contribution in [0.5, 0.6) is 0 Å². The van der Waals surface area contributed by atoms with E-state index in [2.05, 4.69) is 5.32 Å². The number of benzene rings is 1. The molecule has 0 unspecified atom stereocenters. The lowest BCUT2D eigenvalue weighted by atomic mass is 10.1. The van der Waals surface area contributed by atoms with Crippen LogP contribution in [-0.4, -0.2) is 31.3 Å². The molecule has 0 radical (unpaired) electrons. The number of anilines is 1. The molecule has 1 fully saturated rings. The molecule has 1 N–H and O–H groups in total. The van der Waals surface area contributed by atoms with Gasteiger partial charge in [-0.15, -0.1) is 0 Å². The molecule has 2 rings (SSSR count). The Kier molecular flexibility index (Phi) is 3.42. The first-order valence-corrected chi connectivity index (χ1v) is 5.75. The van der Waals surface area contributed by atoms with E-state index in [-0.39, 0.29) is 11.7 Å². The predicted octanol–water partition coefficient (Wildman–Crippen LogP) is 0.754. The minimum absolute atomic E-state index is 0.0593. The second-order valence-electron chi connectivity index (χ2n) is 4.32. The Hall–Kier alpha value is -1.84. The highest BCUT2D eigenvalue weighted by molar-refractivity contribution is 5.82. The number of Topliss-reactive ketones (excluding diaryl/α,β-unsaturated/α-hetero) is 1. The van der Waals surface area contributed by atoms with E-state index in [0.29, 0.717) is 19.5 Å². The van der Waals surface area contributed by atoms with Crippen LogP contribution in [0.1, 0.15) is 12.5 Å². The van der Waals surface area contributed by atoms with Crippen LogP contribution in [0.3, 0.4) is 0 Å². The lowest BCUT2D eigenvalue weighted by molar-refractivity contribution is -0.120. The van der Waals surface area contributed by atoms with Crippen molar-refractivity contribution in [3.8, 4) is 0 Å². The number of hydrogen-bond donors (Lipinski definition) is 1. The maximum Gasteiger partial charge on any atom is 0.239 e. The fourth-order valence-corrected chi connectivity index (χ4v) is 1.97. The summed E-state index contributed by atoms with van der Waals surface area (Å²) in [4.78, 5) is 24.3. The van der Waals surface area contributed by atoms with Crippen molar-refractivity contribution in [3.63, 3.8) is 0 Å². The summed E-state index contributed by atoms with van der Waals surface area (Å²) in [5.41, 5.74) is 2.05. The van der Waals surface area contributed by atoms with Crippen LogP contribution >= 0.6 is 0 Å². The lowest BCUT2D eigenvalue weighted by Gasteiger charge is -2.28. The van der Waals surface area contributed by atoms with Crippen LogP contribution in [0.4, 0.5) is 5.69 Å². The van der Waals surface area contributed by atoms with Gasteiger partial charge in [0.1, 0.15) is 5.78 Å². The number of hydrogen-bond acceptors (Lipinski definition) is 3. The third-order valence-electron chi connectivity index (χ3n) is 2.79. The molecule has 1 aromatic rings. The molecule has 90 valence electrons. The summed E-state index contributed by atoms with van der Waals surface area (Å²) in [6.07, 6.45) is 0.473. The van der Waals surface area contributed by atoms with Crippen LogP contribution in [0.25, 0.3) is 0 Å². The van der Waals surface area contributed by atoms with Gasteiger partial charge in [-0.25, -0.2) is 0 Å². The fourth-order valence-electron chi connectivity index (χ4n) is 1.97. The minimum atomic E-state index is 0.0593. The normalized spacial score (nSPS) is 15.6. The average molecular weight is 232 g/mol. The highest BCUT2D eigenvalue weighted by atomic mass is 16.2. The van der Waals surface area contributed by atoms with Gasteiger partial charge in [0.25, 0.3) is 0 Å². The van der Waals surface area contributed by atoms with E-state index in [1.54, 1.807) is 6.92 Å². The second-order valence-corrected chi connectivity index (χ2v) is 4.32. The first-order valence-electron chi connectivity index (χ1n) is 5.75. The molecule has 0 atom stereocenters. The summed E-state index contributed by atoms with van der Waals surface area (Å²) >= 11 is 0. The van der Waals surface area contributed by atoms with Crippen molar-refractivity contribution in [2.24, 2.45) is 0 Å². The fraction of sp³-hybridized carbons (Fsp3) is 0.385.